The lowest BCUT2D eigenvalue weighted by atomic mass is 10.0. The number of carbonyl (C=O) groups is 1. The molecule has 0 amide bonds. The van der Waals surface area contributed by atoms with Crippen LogP contribution in [0.4, 0.5) is 0 Å². The van der Waals surface area contributed by atoms with Crippen molar-refractivity contribution in [3.8, 4) is 0 Å². The molecule has 17 heavy (non-hydrogen) atoms. The van der Waals surface area contributed by atoms with Gasteiger partial charge in [-0.05, 0) is 41.5 Å². The van der Waals surface area contributed by atoms with Gasteiger partial charge >= 0.3 is 5.97 Å². The number of esters is 1. The van der Waals surface area contributed by atoms with Gasteiger partial charge in [0.25, 0.3) is 0 Å². The molecule has 0 aliphatic rings. The highest BCUT2D eigenvalue weighted by molar-refractivity contribution is 5.95. The molecular weight excluding hydrogens is 214 g/mol. The van der Waals surface area contributed by atoms with Crippen molar-refractivity contribution >= 4 is 16.7 Å². The number of nitrogens with two attached hydrogens (primary N) is 1. The maximum absolute atomic E-state index is 11.6. The first-order valence-corrected chi connectivity index (χ1v) is 5.64. The highest BCUT2D eigenvalue weighted by Crippen LogP contribution is 2.18. The van der Waals surface area contributed by atoms with Crippen molar-refractivity contribution in [3.63, 3.8) is 0 Å². The van der Waals surface area contributed by atoms with Crippen molar-refractivity contribution in [1.29, 1.82) is 0 Å². The third kappa shape index (κ3) is 2.45. The Morgan fingerprint density at radius 3 is 2.59 bits per heavy atom. The van der Waals surface area contributed by atoms with Gasteiger partial charge in [0.15, 0.2) is 0 Å². The van der Waals surface area contributed by atoms with Gasteiger partial charge in [0.1, 0.15) is 0 Å². The van der Waals surface area contributed by atoms with Crippen molar-refractivity contribution in [2.24, 2.45) is 5.73 Å². The average Bonchev–Trinajstić information content (AvgIpc) is 2.37. The normalized spacial score (nSPS) is 10.5. The predicted octanol–water partition coefficient (Wildman–Crippen LogP) is 2.48. The summed E-state index contributed by atoms with van der Waals surface area (Å²) in [5, 5.41) is 2.11. The standard InChI is InChI=1S/C14H15NO2/c1-2-17-14(16)13-6-5-11-7-10(9-15)3-4-12(11)8-13/h3-8H,2,9,15H2,1H3. The minimum Gasteiger partial charge on any atom is -0.462 e. The summed E-state index contributed by atoms with van der Waals surface area (Å²) in [6.07, 6.45) is 0. The minimum absolute atomic E-state index is 0.280. The summed E-state index contributed by atoms with van der Waals surface area (Å²) in [4.78, 5) is 11.6. The zero-order valence-corrected chi connectivity index (χ0v) is 9.77. The SMILES string of the molecule is CCOC(=O)c1ccc2cc(CN)ccc2c1. The van der Waals surface area contributed by atoms with E-state index >= 15 is 0 Å². The highest BCUT2D eigenvalue weighted by Gasteiger charge is 2.06. The van der Waals surface area contributed by atoms with Gasteiger partial charge in [-0.25, -0.2) is 4.79 Å². The number of hydrogen-bond acceptors (Lipinski definition) is 3. The summed E-state index contributed by atoms with van der Waals surface area (Å²) in [5.74, 6) is -0.280. The second kappa shape index (κ2) is 4.97. The number of ether oxygens (including phenoxy) is 1. The molecule has 0 aliphatic heterocycles. The average molecular weight is 229 g/mol. The monoisotopic (exact) mass is 229 g/mol. The van der Waals surface area contributed by atoms with Crippen LogP contribution < -0.4 is 5.73 Å². The van der Waals surface area contributed by atoms with Crippen LogP contribution in [-0.2, 0) is 11.3 Å². The summed E-state index contributed by atoms with van der Waals surface area (Å²) in [6.45, 7) is 2.71. The van der Waals surface area contributed by atoms with E-state index in [9.17, 15) is 4.79 Å². The van der Waals surface area contributed by atoms with Crippen molar-refractivity contribution in [3.05, 3.63) is 47.5 Å². The fourth-order valence-electron chi connectivity index (χ4n) is 1.76. The topological polar surface area (TPSA) is 52.3 Å². The molecule has 0 bridgehead atoms. The van der Waals surface area contributed by atoms with Crippen LogP contribution in [0.3, 0.4) is 0 Å². The van der Waals surface area contributed by atoms with Gasteiger partial charge < -0.3 is 10.5 Å². The summed E-state index contributed by atoms with van der Waals surface area (Å²) in [7, 11) is 0. The van der Waals surface area contributed by atoms with Crippen molar-refractivity contribution in [2.75, 3.05) is 6.61 Å². The minimum atomic E-state index is -0.280. The lowest BCUT2D eigenvalue weighted by Gasteiger charge is -2.05. The number of carbonyl (C=O) groups excluding carboxylic acids is 1. The lowest BCUT2D eigenvalue weighted by Crippen LogP contribution is -2.04. The Morgan fingerprint density at radius 2 is 1.88 bits per heavy atom. The largest absolute Gasteiger partial charge is 0.462 e. The molecule has 3 heteroatoms. The van der Waals surface area contributed by atoms with Crippen LogP contribution in [0.5, 0.6) is 0 Å². The molecular formula is C14H15NO2. The van der Waals surface area contributed by atoms with Crippen LogP contribution in [0.15, 0.2) is 36.4 Å². The Labute approximate surface area is 100 Å². The first-order valence-electron chi connectivity index (χ1n) is 5.64. The zero-order chi connectivity index (χ0) is 12.3. The maximum atomic E-state index is 11.6. The first kappa shape index (κ1) is 11.6. The first-order chi connectivity index (χ1) is 8.24. The van der Waals surface area contributed by atoms with Crippen LogP contribution >= 0.6 is 0 Å². The molecule has 0 atom stereocenters. The van der Waals surface area contributed by atoms with E-state index in [4.69, 9.17) is 10.5 Å². The van der Waals surface area contributed by atoms with Gasteiger partial charge in [-0.15, -0.1) is 0 Å². The molecule has 0 fully saturated rings. The Hall–Kier alpha value is -1.87. The highest BCUT2D eigenvalue weighted by atomic mass is 16.5. The maximum Gasteiger partial charge on any atom is 0.338 e. The smallest absolute Gasteiger partial charge is 0.338 e. The second-order valence-electron chi connectivity index (χ2n) is 3.82. The molecule has 0 aromatic heterocycles. The molecule has 0 saturated heterocycles. The summed E-state index contributed by atoms with van der Waals surface area (Å²) < 4.78 is 4.96. The zero-order valence-electron chi connectivity index (χ0n) is 9.77. The molecule has 2 aromatic rings. The number of rotatable bonds is 3. The van der Waals surface area contributed by atoms with E-state index < -0.39 is 0 Å². The van der Waals surface area contributed by atoms with Crippen molar-refractivity contribution < 1.29 is 9.53 Å². The molecule has 0 unspecified atom stereocenters. The number of benzene rings is 2. The van der Waals surface area contributed by atoms with E-state index in [0.29, 0.717) is 18.7 Å². The number of hydrogen-bond donors (Lipinski definition) is 1. The van der Waals surface area contributed by atoms with Crippen LogP contribution in [-0.4, -0.2) is 12.6 Å². The molecule has 2 N–H and O–H groups in total. The molecule has 88 valence electrons. The summed E-state index contributed by atoms with van der Waals surface area (Å²) in [6, 6.07) is 11.5. The van der Waals surface area contributed by atoms with Gasteiger partial charge in [0.2, 0.25) is 0 Å². The lowest BCUT2D eigenvalue weighted by molar-refractivity contribution is 0.0526. The Morgan fingerprint density at radius 1 is 1.18 bits per heavy atom. The molecule has 0 spiro atoms. The fraction of sp³-hybridized carbons (Fsp3) is 0.214. The van der Waals surface area contributed by atoms with Gasteiger partial charge in [-0.3, -0.25) is 0 Å². The molecule has 0 aliphatic carbocycles. The second-order valence-corrected chi connectivity index (χ2v) is 3.82. The van der Waals surface area contributed by atoms with Gasteiger partial charge in [-0.2, -0.15) is 0 Å². The Kier molecular flexibility index (Phi) is 3.40. The molecule has 0 saturated carbocycles. The van der Waals surface area contributed by atoms with E-state index in [1.54, 1.807) is 13.0 Å². The van der Waals surface area contributed by atoms with Crippen LogP contribution in [0.25, 0.3) is 10.8 Å². The van der Waals surface area contributed by atoms with Crippen LogP contribution in [0, 0.1) is 0 Å². The van der Waals surface area contributed by atoms with Gasteiger partial charge in [0.05, 0.1) is 12.2 Å². The van der Waals surface area contributed by atoms with E-state index in [0.717, 1.165) is 16.3 Å². The van der Waals surface area contributed by atoms with E-state index in [-0.39, 0.29) is 5.97 Å². The van der Waals surface area contributed by atoms with Gasteiger partial charge in [-0.1, -0.05) is 18.2 Å². The van der Waals surface area contributed by atoms with Crippen LogP contribution in [0.1, 0.15) is 22.8 Å². The quantitative estimate of drug-likeness (QED) is 0.822. The van der Waals surface area contributed by atoms with Crippen molar-refractivity contribution in [1.82, 2.24) is 0 Å². The van der Waals surface area contributed by atoms with E-state index in [2.05, 4.69) is 0 Å². The number of fused-ring (bicyclic) bond motifs is 1. The Balaban J connectivity index is 2.41. The predicted molar refractivity (Wildman–Crippen MR) is 67.8 cm³/mol. The molecule has 2 aromatic carbocycles. The Bertz CT molecular complexity index is 549. The van der Waals surface area contributed by atoms with E-state index in [1.165, 1.54) is 0 Å². The third-order valence-electron chi connectivity index (χ3n) is 2.65. The summed E-state index contributed by atoms with van der Waals surface area (Å²) >= 11 is 0. The molecule has 3 nitrogen and oxygen atoms in total. The third-order valence-corrected chi connectivity index (χ3v) is 2.65. The fourth-order valence-corrected chi connectivity index (χ4v) is 1.76. The van der Waals surface area contributed by atoms with Crippen LogP contribution in [0.2, 0.25) is 0 Å². The van der Waals surface area contributed by atoms with Gasteiger partial charge in [0, 0.05) is 6.54 Å². The van der Waals surface area contributed by atoms with Crippen molar-refractivity contribution in [2.45, 2.75) is 13.5 Å². The summed E-state index contributed by atoms with van der Waals surface area (Å²) in [5.41, 5.74) is 7.25. The molecule has 2 rings (SSSR count). The molecule has 0 radical (unpaired) electrons. The molecule has 0 heterocycles. The van der Waals surface area contributed by atoms with E-state index in [1.807, 2.05) is 30.3 Å².